The molecule has 0 aliphatic heterocycles. The molecule has 0 spiro atoms. The van der Waals surface area contributed by atoms with Crippen LogP contribution in [-0.4, -0.2) is 29.7 Å². The number of anilines is 1. The number of nitrogens with one attached hydrogen (secondary N) is 1. The minimum absolute atomic E-state index is 0.118. The van der Waals surface area contributed by atoms with E-state index in [0.29, 0.717) is 12.2 Å². The number of amides is 1. The highest BCUT2D eigenvalue weighted by Crippen LogP contribution is 2.29. The summed E-state index contributed by atoms with van der Waals surface area (Å²) in [4.78, 5) is 17.7. The number of benzene rings is 2. The van der Waals surface area contributed by atoms with Crippen molar-refractivity contribution in [2.45, 2.75) is 32.0 Å². The first-order valence-electron chi connectivity index (χ1n) is 10.0. The molecule has 2 aromatic carbocycles. The Morgan fingerprint density at radius 1 is 1.16 bits per heavy atom. The van der Waals surface area contributed by atoms with Crippen molar-refractivity contribution in [2.24, 2.45) is 16.6 Å². The van der Waals surface area contributed by atoms with Crippen LogP contribution in [0.3, 0.4) is 0 Å². The Bertz CT molecular complexity index is 949. The summed E-state index contributed by atoms with van der Waals surface area (Å²) in [5.74, 6) is 0.252. The van der Waals surface area contributed by atoms with Gasteiger partial charge in [-0.1, -0.05) is 36.8 Å². The summed E-state index contributed by atoms with van der Waals surface area (Å²) in [5, 5.41) is 2.70. The lowest BCUT2D eigenvalue weighted by Crippen LogP contribution is -2.35. The van der Waals surface area contributed by atoms with Crippen molar-refractivity contribution in [2.75, 3.05) is 12.4 Å². The molecular formula is C23H25F3N4O. The maximum absolute atomic E-state index is 13.6. The first kappa shape index (κ1) is 22.4. The van der Waals surface area contributed by atoms with Gasteiger partial charge in [0.25, 0.3) is 0 Å². The predicted octanol–water partition coefficient (Wildman–Crippen LogP) is 4.99. The second kappa shape index (κ2) is 9.68. The highest BCUT2D eigenvalue weighted by atomic mass is 19.4. The third-order valence-corrected chi connectivity index (χ3v) is 5.17. The van der Waals surface area contributed by atoms with E-state index in [-0.39, 0.29) is 23.2 Å². The summed E-state index contributed by atoms with van der Waals surface area (Å²) in [5.41, 5.74) is 5.52. The van der Waals surface area contributed by atoms with Crippen molar-refractivity contribution in [3.05, 3.63) is 72.1 Å². The van der Waals surface area contributed by atoms with E-state index < -0.39 is 11.9 Å². The molecule has 5 nitrogen and oxygen atoms in total. The van der Waals surface area contributed by atoms with Crippen molar-refractivity contribution < 1.29 is 18.0 Å². The molecule has 1 amide bonds. The van der Waals surface area contributed by atoms with Gasteiger partial charge in [-0.25, -0.2) is 4.99 Å². The van der Waals surface area contributed by atoms with Gasteiger partial charge in [-0.15, -0.1) is 0 Å². The molecule has 8 heteroatoms. The molecule has 164 valence electrons. The van der Waals surface area contributed by atoms with Crippen LogP contribution in [0, 0.1) is 5.92 Å². The Balaban J connectivity index is 1.72. The molecule has 3 rings (SSSR count). The lowest BCUT2D eigenvalue weighted by molar-refractivity contribution is -0.137. The molecule has 1 aliphatic rings. The van der Waals surface area contributed by atoms with Gasteiger partial charge in [0.15, 0.2) is 5.71 Å². The number of allylic oxidation sites excluding steroid dienone is 1. The zero-order valence-electron chi connectivity index (χ0n) is 17.2. The van der Waals surface area contributed by atoms with Gasteiger partial charge in [0, 0.05) is 31.4 Å². The SMILES string of the molecule is CN(Cc1ccc(N/C(=C/N)C(=Nc2ccccc2)C(F)(F)F)cc1)C(=O)C1CCC1. The van der Waals surface area contributed by atoms with E-state index in [2.05, 4.69) is 10.3 Å². The standard InChI is InChI=1S/C23H25F3N4O/c1-30(22(31)17-6-5-7-17)15-16-10-12-19(13-11-16)28-20(14-27)21(23(24,25)26)29-18-8-3-2-4-9-18/h2-4,8-14,17,28H,5-7,15,27H2,1H3/b20-14+,29-21?. The van der Waals surface area contributed by atoms with E-state index in [0.717, 1.165) is 31.0 Å². The lowest BCUT2D eigenvalue weighted by Gasteiger charge is -2.29. The Morgan fingerprint density at radius 2 is 1.81 bits per heavy atom. The molecule has 1 saturated carbocycles. The Morgan fingerprint density at radius 3 is 2.32 bits per heavy atom. The highest BCUT2D eigenvalue weighted by Gasteiger charge is 2.38. The third-order valence-electron chi connectivity index (χ3n) is 5.17. The van der Waals surface area contributed by atoms with Gasteiger partial charge >= 0.3 is 6.18 Å². The molecule has 2 aromatic rings. The maximum Gasteiger partial charge on any atom is 0.435 e. The van der Waals surface area contributed by atoms with Crippen molar-refractivity contribution >= 4 is 23.0 Å². The van der Waals surface area contributed by atoms with Gasteiger partial charge in [0.2, 0.25) is 5.91 Å². The number of rotatable bonds is 7. The van der Waals surface area contributed by atoms with E-state index in [1.165, 1.54) is 12.1 Å². The van der Waals surface area contributed by atoms with Crippen LogP contribution in [-0.2, 0) is 11.3 Å². The van der Waals surface area contributed by atoms with Crippen LogP contribution >= 0.6 is 0 Å². The van der Waals surface area contributed by atoms with E-state index in [1.54, 1.807) is 54.4 Å². The summed E-state index contributed by atoms with van der Waals surface area (Å²) in [6.07, 6.45) is -0.874. The zero-order valence-corrected chi connectivity index (χ0v) is 17.2. The van der Waals surface area contributed by atoms with Crippen LogP contribution in [0.15, 0.2) is 71.5 Å². The highest BCUT2D eigenvalue weighted by molar-refractivity contribution is 6.07. The van der Waals surface area contributed by atoms with Gasteiger partial charge in [-0.05, 0) is 42.7 Å². The van der Waals surface area contributed by atoms with Crippen LogP contribution in [0.4, 0.5) is 24.5 Å². The van der Waals surface area contributed by atoms with Crippen molar-refractivity contribution in [1.82, 2.24) is 4.90 Å². The minimum atomic E-state index is -4.70. The molecule has 3 N–H and O–H groups in total. The molecular weight excluding hydrogens is 405 g/mol. The number of nitrogens with two attached hydrogens (primary N) is 1. The Hall–Kier alpha value is -3.29. The third kappa shape index (κ3) is 5.87. The Kier molecular flexibility index (Phi) is 6.99. The van der Waals surface area contributed by atoms with Gasteiger partial charge < -0.3 is 16.0 Å². The lowest BCUT2D eigenvalue weighted by atomic mass is 9.84. The number of aliphatic imine (C=N–C) groups is 1. The first-order chi connectivity index (χ1) is 14.8. The minimum Gasteiger partial charge on any atom is -0.403 e. The smallest absolute Gasteiger partial charge is 0.403 e. The van der Waals surface area contributed by atoms with Crippen molar-refractivity contribution in [1.29, 1.82) is 0 Å². The molecule has 0 aromatic heterocycles. The molecule has 0 unspecified atom stereocenters. The van der Waals surface area contributed by atoms with Crippen molar-refractivity contribution in [3.63, 3.8) is 0 Å². The number of nitrogens with zero attached hydrogens (tertiary/aromatic N) is 2. The van der Waals surface area contributed by atoms with E-state index in [1.807, 2.05) is 0 Å². The second-order valence-corrected chi connectivity index (χ2v) is 7.52. The Labute approximate surface area is 179 Å². The van der Waals surface area contributed by atoms with E-state index >= 15 is 0 Å². The summed E-state index contributed by atoms with van der Waals surface area (Å²) < 4.78 is 40.9. The largest absolute Gasteiger partial charge is 0.435 e. The van der Waals surface area contributed by atoms with Gasteiger partial charge in [-0.3, -0.25) is 4.79 Å². The topological polar surface area (TPSA) is 70.7 Å². The molecule has 1 aliphatic carbocycles. The van der Waals surface area contributed by atoms with Crippen LogP contribution in [0.25, 0.3) is 0 Å². The van der Waals surface area contributed by atoms with Crippen LogP contribution < -0.4 is 11.1 Å². The van der Waals surface area contributed by atoms with Crippen molar-refractivity contribution in [3.8, 4) is 0 Å². The molecule has 1 fully saturated rings. The second-order valence-electron chi connectivity index (χ2n) is 7.52. The van der Waals surface area contributed by atoms with E-state index in [9.17, 15) is 18.0 Å². The number of para-hydroxylation sites is 1. The normalized spacial score (nSPS) is 15.4. The summed E-state index contributed by atoms with van der Waals surface area (Å²) in [7, 11) is 1.76. The number of hydrogen-bond donors (Lipinski definition) is 2. The van der Waals surface area contributed by atoms with Crippen LogP contribution in [0.1, 0.15) is 24.8 Å². The summed E-state index contributed by atoms with van der Waals surface area (Å²) in [6, 6.07) is 14.7. The average molecular weight is 430 g/mol. The monoisotopic (exact) mass is 430 g/mol. The summed E-state index contributed by atoms with van der Waals surface area (Å²) in [6.45, 7) is 0.443. The maximum atomic E-state index is 13.6. The number of carbonyl (C=O) groups is 1. The first-order valence-corrected chi connectivity index (χ1v) is 10.0. The quantitative estimate of drug-likeness (QED) is 0.608. The fourth-order valence-corrected chi connectivity index (χ4v) is 3.26. The van der Waals surface area contributed by atoms with E-state index in [4.69, 9.17) is 5.73 Å². The summed E-state index contributed by atoms with van der Waals surface area (Å²) >= 11 is 0. The molecule has 0 heterocycles. The molecule has 0 saturated heterocycles. The van der Waals surface area contributed by atoms with Crippen LogP contribution in [0.5, 0.6) is 0 Å². The predicted molar refractivity (Wildman–Crippen MR) is 116 cm³/mol. The molecule has 0 atom stereocenters. The zero-order chi connectivity index (χ0) is 22.4. The van der Waals surface area contributed by atoms with Gasteiger partial charge in [0.05, 0.1) is 11.4 Å². The van der Waals surface area contributed by atoms with Gasteiger partial charge in [-0.2, -0.15) is 13.2 Å². The number of hydrogen-bond acceptors (Lipinski definition) is 4. The molecule has 31 heavy (non-hydrogen) atoms. The molecule has 0 radical (unpaired) electrons. The number of alkyl halides is 3. The molecule has 0 bridgehead atoms. The van der Waals surface area contributed by atoms with Gasteiger partial charge in [0.1, 0.15) is 0 Å². The number of halogens is 3. The average Bonchev–Trinajstić information content (AvgIpc) is 2.70. The fraction of sp³-hybridized carbons (Fsp3) is 0.304. The number of carbonyl (C=O) groups excluding carboxylic acids is 1. The fourth-order valence-electron chi connectivity index (χ4n) is 3.26. The van der Waals surface area contributed by atoms with Crippen LogP contribution in [0.2, 0.25) is 0 Å².